The highest BCUT2D eigenvalue weighted by Crippen LogP contribution is 2.41. The van der Waals surface area contributed by atoms with E-state index >= 15 is 0 Å². The number of rotatable bonds is 7. The molecule has 2 aliphatic carbocycles. The van der Waals surface area contributed by atoms with Crippen LogP contribution in [0.2, 0.25) is 0 Å². The van der Waals surface area contributed by atoms with Crippen LogP contribution in [0.4, 0.5) is 13.2 Å². The van der Waals surface area contributed by atoms with Crippen LogP contribution in [-0.4, -0.2) is 19.1 Å². The summed E-state index contributed by atoms with van der Waals surface area (Å²) >= 11 is 0. The van der Waals surface area contributed by atoms with E-state index in [0.717, 1.165) is 25.7 Å². The average molecular weight is 358 g/mol. The van der Waals surface area contributed by atoms with E-state index in [9.17, 15) is 13.2 Å². The Hall–Kier alpha value is -1.59. The molecule has 0 unspecified atom stereocenters. The number of benzene rings is 1. The maximum atomic E-state index is 12.8. The van der Waals surface area contributed by atoms with Gasteiger partial charge in [-0.3, -0.25) is 0 Å². The van der Waals surface area contributed by atoms with Gasteiger partial charge in [-0.05, 0) is 50.7 Å². The number of halogens is 3. The lowest BCUT2D eigenvalue weighted by Gasteiger charge is -2.28. The van der Waals surface area contributed by atoms with Crippen LogP contribution in [0.5, 0.6) is 17.2 Å². The Balaban J connectivity index is 1.71. The van der Waals surface area contributed by atoms with Crippen LogP contribution < -0.4 is 14.2 Å². The minimum Gasteiger partial charge on any atom is -0.490 e. The van der Waals surface area contributed by atoms with E-state index in [0.29, 0.717) is 23.8 Å². The first-order valence-electron chi connectivity index (χ1n) is 9.11. The smallest absolute Gasteiger partial charge is 0.490 e. The molecule has 0 amide bonds. The van der Waals surface area contributed by atoms with E-state index < -0.39 is 6.36 Å². The fraction of sp³-hybridized carbons (Fsp3) is 0.684. The molecule has 3 rings (SSSR count). The molecule has 0 atom stereocenters. The molecule has 0 aromatic heterocycles. The normalized spacial score (nSPS) is 18.9. The number of ether oxygens (including phenoxy) is 3. The van der Waals surface area contributed by atoms with Gasteiger partial charge in [-0.2, -0.15) is 0 Å². The molecule has 0 bridgehead atoms. The lowest BCUT2D eigenvalue weighted by molar-refractivity contribution is -0.275. The van der Waals surface area contributed by atoms with Crippen LogP contribution in [0.3, 0.4) is 0 Å². The van der Waals surface area contributed by atoms with Crippen LogP contribution in [-0.2, 0) is 0 Å². The summed E-state index contributed by atoms with van der Waals surface area (Å²) in [6.07, 6.45) is 4.01. The molecule has 0 radical (unpaired) electrons. The van der Waals surface area contributed by atoms with E-state index in [1.807, 2.05) is 0 Å². The van der Waals surface area contributed by atoms with Crippen LogP contribution in [0.15, 0.2) is 12.1 Å². The average Bonchev–Trinajstić information content (AvgIpc) is 3.00. The first kappa shape index (κ1) is 18.2. The van der Waals surface area contributed by atoms with Gasteiger partial charge in [0.05, 0.1) is 12.7 Å². The molecule has 1 aromatic carbocycles. The van der Waals surface area contributed by atoms with Crippen molar-refractivity contribution < 1.29 is 27.4 Å². The second kappa shape index (κ2) is 7.75. The number of hydrogen-bond acceptors (Lipinski definition) is 3. The van der Waals surface area contributed by atoms with Gasteiger partial charge in [-0.25, -0.2) is 0 Å². The van der Waals surface area contributed by atoms with Crippen molar-refractivity contribution in [3.8, 4) is 17.2 Å². The lowest BCUT2D eigenvalue weighted by Crippen LogP contribution is -2.25. The van der Waals surface area contributed by atoms with Crippen molar-refractivity contribution in [3.05, 3.63) is 17.7 Å². The fourth-order valence-electron chi connectivity index (χ4n) is 3.44. The zero-order valence-electron chi connectivity index (χ0n) is 14.5. The molecular formula is C19H25F3O3. The summed E-state index contributed by atoms with van der Waals surface area (Å²) in [5, 5.41) is 0. The van der Waals surface area contributed by atoms with Crippen molar-refractivity contribution >= 4 is 0 Å². The fourth-order valence-corrected chi connectivity index (χ4v) is 3.44. The quantitative estimate of drug-likeness (QED) is 0.618. The highest BCUT2D eigenvalue weighted by molar-refractivity contribution is 5.53. The zero-order chi connectivity index (χ0) is 17.9. The molecule has 2 aliphatic rings. The highest BCUT2D eigenvalue weighted by atomic mass is 19.4. The predicted octanol–water partition coefficient (Wildman–Crippen LogP) is 5.78. The Labute approximate surface area is 146 Å². The molecule has 25 heavy (non-hydrogen) atoms. The Bertz CT molecular complexity index is 576. The third kappa shape index (κ3) is 4.95. The maximum Gasteiger partial charge on any atom is 0.573 e. The van der Waals surface area contributed by atoms with Crippen LogP contribution in [0.25, 0.3) is 0 Å². The van der Waals surface area contributed by atoms with Crippen molar-refractivity contribution in [1.82, 2.24) is 0 Å². The van der Waals surface area contributed by atoms with E-state index in [1.54, 1.807) is 13.0 Å². The second-order valence-corrected chi connectivity index (χ2v) is 7.02. The third-order valence-corrected chi connectivity index (χ3v) is 5.14. The molecular weight excluding hydrogens is 333 g/mol. The van der Waals surface area contributed by atoms with E-state index in [2.05, 4.69) is 4.74 Å². The molecule has 0 spiro atoms. The summed E-state index contributed by atoms with van der Waals surface area (Å²) in [4.78, 5) is 0. The van der Waals surface area contributed by atoms with Crippen molar-refractivity contribution in [1.29, 1.82) is 0 Å². The van der Waals surface area contributed by atoms with Gasteiger partial charge in [0.15, 0.2) is 11.5 Å². The van der Waals surface area contributed by atoms with Crippen LogP contribution >= 0.6 is 0 Å². The van der Waals surface area contributed by atoms with E-state index in [1.165, 1.54) is 31.7 Å². The first-order chi connectivity index (χ1) is 11.9. The van der Waals surface area contributed by atoms with Gasteiger partial charge in [0.25, 0.3) is 0 Å². The second-order valence-electron chi connectivity index (χ2n) is 7.02. The minimum atomic E-state index is -4.76. The van der Waals surface area contributed by atoms with Gasteiger partial charge in [-0.15, -0.1) is 13.2 Å². The van der Waals surface area contributed by atoms with Gasteiger partial charge in [0.2, 0.25) is 0 Å². The van der Waals surface area contributed by atoms with E-state index in [4.69, 9.17) is 9.47 Å². The monoisotopic (exact) mass is 358 g/mol. The minimum absolute atomic E-state index is 0.0894. The van der Waals surface area contributed by atoms with Gasteiger partial charge < -0.3 is 14.2 Å². The van der Waals surface area contributed by atoms with Crippen molar-refractivity contribution in [2.45, 2.75) is 70.8 Å². The lowest BCUT2D eigenvalue weighted by atomic mass is 9.96. The third-order valence-electron chi connectivity index (χ3n) is 5.14. The molecule has 6 heteroatoms. The standard InChI is InChI=1S/C19H25F3O3/c1-13-16(24-15-7-4-8-15)9-10-17(18(13)25-19(20,21)22)23-12-11-14-5-2-3-6-14/h9-10,14-15H,2-8,11-12H2,1H3. The molecule has 0 aliphatic heterocycles. The Kier molecular flexibility index (Phi) is 5.64. The van der Waals surface area contributed by atoms with Crippen LogP contribution in [0.1, 0.15) is 56.9 Å². The summed E-state index contributed by atoms with van der Waals surface area (Å²) < 4.78 is 54.1. The topological polar surface area (TPSA) is 27.7 Å². The molecule has 0 heterocycles. The number of alkyl halides is 3. The summed E-state index contributed by atoms with van der Waals surface area (Å²) in [6.45, 7) is 1.99. The predicted molar refractivity (Wildman–Crippen MR) is 88.2 cm³/mol. The van der Waals surface area contributed by atoms with Gasteiger partial charge in [0.1, 0.15) is 5.75 Å². The molecule has 0 saturated heterocycles. The summed E-state index contributed by atoms with van der Waals surface area (Å²) in [5.74, 6) is 0.908. The molecule has 1 aromatic rings. The Morgan fingerprint density at radius 2 is 1.68 bits per heavy atom. The SMILES string of the molecule is Cc1c(OC2CCC2)ccc(OCCC2CCCC2)c1OC(F)(F)F. The highest BCUT2D eigenvalue weighted by Gasteiger charge is 2.34. The van der Waals surface area contributed by atoms with Gasteiger partial charge >= 0.3 is 6.36 Å². The van der Waals surface area contributed by atoms with Crippen molar-refractivity contribution in [2.75, 3.05) is 6.61 Å². The van der Waals surface area contributed by atoms with Crippen molar-refractivity contribution in [2.24, 2.45) is 5.92 Å². The van der Waals surface area contributed by atoms with Gasteiger partial charge in [-0.1, -0.05) is 25.7 Å². The molecule has 2 fully saturated rings. The molecule has 140 valence electrons. The largest absolute Gasteiger partial charge is 0.573 e. The Morgan fingerprint density at radius 3 is 2.28 bits per heavy atom. The molecule has 0 N–H and O–H groups in total. The van der Waals surface area contributed by atoms with E-state index in [-0.39, 0.29) is 17.6 Å². The molecule has 3 nitrogen and oxygen atoms in total. The maximum absolute atomic E-state index is 12.8. The molecule has 2 saturated carbocycles. The summed E-state index contributed by atoms with van der Waals surface area (Å²) in [7, 11) is 0. The van der Waals surface area contributed by atoms with Gasteiger partial charge in [0, 0.05) is 5.56 Å². The first-order valence-corrected chi connectivity index (χ1v) is 9.11. The summed E-state index contributed by atoms with van der Waals surface area (Å²) in [6, 6.07) is 3.21. The summed E-state index contributed by atoms with van der Waals surface area (Å²) in [5.41, 5.74) is 0.336. The Morgan fingerprint density at radius 1 is 1.00 bits per heavy atom. The zero-order valence-corrected chi connectivity index (χ0v) is 14.5. The number of hydrogen-bond donors (Lipinski definition) is 0. The van der Waals surface area contributed by atoms with Crippen molar-refractivity contribution in [3.63, 3.8) is 0 Å². The van der Waals surface area contributed by atoms with Crippen LogP contribution in [0, 0.1) is 12.8 Å².